The third kappa shape index (κ3) is 4.22. The van der Waals surface area contributed by atoms with Gasteiger partial charge < -0.3 is 9.42 Å². The van der Waals surface area contributed by atoms with E-state index in [0.29, 0.717) is 53.9 Å². The predicted octanol–water partition coefficient (Wildman–Crippen LogP) is 3.40. The number of nitrogens with zero attached hydrogens (tertiary/aromatic N) is 4. The summed E-state index contributed by atoms with van der Waals surface area (Å²) in [5, 5.41) is 3.90. The topological polar surface area (TPSA) is 96.6 Å². The first-order valence-corrected chi connectivity index (χ1v) is 13.4. The summed E-state index contributed by atoms with van der Waals surface area (Å²) in [6.07, 6.45) is 2.21. The predicted molar refractivity (Wildman–Crippen MR) is 124 cm³/mol. The zero-order chi connectivity index (χ0) is 23.2. The Morgan fingerprint density at radius 3 is 2.73 bits per heavy atom. The molecule has 3 aromatic rings. The molecule has 0 spiro atoms. The second kappa shape index (κ2) is 8.66. The Kier molecular flexibility index (Phi) is 5.84. The van der Waals surface area contributed by atoms with Crippen LogP contribution >= 0.6 is 11.3 Å². The Labute approximate surface area is 197 Å². The molecule has 2 aliphatic rings. The lowest BCUT2D eigenvalue weighted by Gasteiger charge is -2.36. The molecule has 1 amide bonds. The van der Waals surface area contributed by atoms with Crippen LogP contribution in [0.1, 0.15) is 34.7 Å². The van der Waals surface area contributed by atoms with Gasteiger partial charge in [0.15, 0.2) is 0 Å². The summed E-state index contributed by atoms with van der Waals surface area (Å²) in [6, 6.07) is 9.81. The summed E-state index contributed by atoms with van der Waals surface area (Å²) in [6.45, 7) is 5.38. The minimum Gasteiger partial charge on any atom is -0.339 e. The molecule has 33 heavy (non-hydrogen) atoms. The summed E-state index contributed by atoms with van der Waals surface area (Å²) < 4.78 is 33.5. The van der Waals surface area contributed by atoms with E-state index in [4.69, 9.17) is 4.52 Å². The van der Waals surface area contributed by atoms with Gasteiger partial charge >= 0.3 is 0 Å². The average molecular weight is 487 g/mol. The summed E-state index contributed by atoms with van der Waals surface area (Å²) in [5.74, 6) is 0.545. The number of fused-ring (bicyclic) bond motifs is 1. The van der Waals surface area contributed by atoms with Crippen LogP contribution in [0.2, 0.25) is 0 Å². The number of benzene rings is 1. The van der Waals surface area contributed by atoms with Gasteiger partial charge in [-0.25, -0.2) is 8.42 Å². The smallest absolute Gasteiger partial charge is 0.244 e. The minimum atomic E-state index is -3.73. The Hall–Kier alpha value is -2.56. The van der Waals surface area contributed by atoms with Crippen LogP contribution in [0.15, 0.2) is 39.8 Å². The third-order valence-corrected chi connectivity index (χ3v) is 9.58. The molecule has 4 heterocycles. The molecular weight excluding hydrogens is 460 g/mol. The molecule has 2 aromatic heterocycles. The highest BCUT2D eigenvalue weighted by Gasteiger charge is 2.37. The number of sulfonamides is 1. The molecule has 1 fully saturated rings. The van der Waals surface area contributed by atoms with Gasteiger partial charge in [-0.1, -0.05) is 29.4 Å². The molecule has 8 nitrogen and oxygen atoms in total. The molecule has 1 aromatic carbocycles. The highest BCUT2D eigenvalue weighted by atomic mass is 32.2. The third-order valence-electron chi connectivity index (χ3n) is 6.41. The Balaban J connectivity index is 1.33. The van der Waals surface area contributed by atoms with Crippen LogP contribution in [-0.2, 0) is 27.8 Å². The average Bonchev–Trinajstić information content (AvgIpc) is 3.44. The number of rotatable bonds is 4. The molecule has 0 unspecified atom stereocenters. The highest BCUT2D eigenvalue weighted by molar-refractivity contribution is 7.89. The number of hydrogen-bond acceptors (Lipinski definition) is 7. The molecule has 1 saturated heterocycles. The number of aryl methyl sites for hydroxylation is 2. The van der Waals surface area contributed by atoms with Crippen LogP contribution in [-0.4, -0.2) is 53.3 Å². The second-order valence-electron chi connectivity index (χ2n) is 8.65. The molecular formula is C23H26N4O4S2. The van der Waals surface area contributed by atoms with Crippen molar-refractivity contribution in [2.24, 2.45) is 5.92 Å². The Bertz CT molecular complexity index is 1300. The maximum atomic E-state index is 13.5. The van der Waals surface area contributed by atoms with E-state index in [9.17, 15) is 13.2 Å². The molecule has 10 heteroatoms. The van der Waals surface area contributed by atoms with Crippen molar-refractivity contribution >= 4 is 27.3 Å². The highest BCUT2D eigenvalue weighted by Crippen LogP contribution is 2.35. The molecule has 1 atom stereocenters. The van der Waals surface area contributed by atoms with Gasteiger partial charge in [-0.15, -0.1) is 11.3 Å². The van der Waals surface area contributed by atoms with Crippen molar-refractivity contribution in [1.82, 2.24) is 19.3 Å². The first kappa shape index (κ1) is 22.2. The fourth-order valence-electron chi connectivity index (χ4n) is 4.67. The molecule has 0 N–H and O–H groups in total. The maximum Gasteiger partial charge on any atom is 0.244 e. The molecule has 0 radical (unpaired) electrons. The lowest BCUT2D eigenvalue weighted by atomic mass is 9.95. The summed E-state index contributed by atoms with van der Waals surface area (Å²) in [7, 11) is -3.73. The lowest BCUT2D eigenvalue weighted by molar-refractivity contribution is -0.137. The van der Waals surface area contributed by atoms with E-state index >= 15 is 0 Å². The van der Waals surface area contributed by atoms with E-state index in [0.717, 1.165) is 6.42 Å². The van der Waals surface area contributed by atoms with Crippen molar-refractivity contribution in [3.63, 3.8) is 0 Å². The quantitative estimate of drug-likeness (QED) is 0.561. The summed E-state index contributed by atoms with van der Waals surface area (Å²) in [5.41, 5.74) is 2.46. The zero-order valence-electron chi connectivity index (χ0n) is 18.7. The van der Waals surface area contributed by atoms with Crippen molar-refractivity contribution in [1.29, 1.82) is 0 Å². The van der Waals surface area contributed by atoms with Crippen LogP contribution in [0, 0.1) is 19.8 Å². The normalized spacial score (nSPS) is 19.5. The standard InChI is InChI=1S/C23H26N4O4S2/c1-15-21(12-20(32-15)22-24-16(2)31-25-22)33(29,30)27-10-5-8-19(14-27)23(28)26-11-9-17-6-3-4-7-18(17)13-26/h3-4,6-7,12,19H,5,8-11,13-14H2,1-2H3/t19-/m0/s1. The van der Waals surface area contributed by atoms with Crippen LogP contribution in [0.25, 0.3) is 10.7 Å². The van der Waals surface area contributed by atoms with Gasteiger partial charge in [-0.3, -0.25) is 4.79 Å². The SMILES string of the molecule is Cc1nc(-c2cc(S(=O)(=O)N3CCC[C@H](C(=O)N4CCc5ccccc5C4)C3)c(C)s2)no1. The van der Waals surface area contributed by atoms with Crippen LogP contribution in [0.5, 0.6) is 0 Å². The van der Waals surface area contributed by atoms with Gasteiger partial charge in [0.05, 0.1) is 15.7 Å². The first-order chi connectivity index (χ1) is 15.8. The Morgan fingerprint density at radius 2 is 1.97 bits per heavy atom. The molecule has 5 rings (SSSR count). The fourth-order valence-corrected chi connectivity index (χ4v) is 7.68. The number of carbonyl (C=O) groups is 1. The monoisotopic (exact) mass is 486 g/mol. The van der Waals surface area contributed by atoms with E-state index < -0.39 is 10.0 Å². The van der Waals surface area contributed by atoms with Crippen LogP contribution in [0.3, 0.4) is 0 Å². The maximum absolute atomic E-state index is 13.5. The van der Waals surface area contributed by atoms with E-state index in [-0.39, 0.29) is 23.3 Å². The van der Waals surface area contributed by atoms with Crippen molar-refractivity contribution in [2.75, 3.05) is 19.6 Å². The van der Waals surface area contributed by atoms with E-state index in [1.54, 1.807) is 19.9 Å². The molecule has 0 aliphatic carbocycles. The number of hydrogen-bond donors (Lipinski definition) is 0. The van der Waals surface area contributed by atoms with Gasteiger partial charge in [0.1, 0.15) is 0 Å². The molecule has 2 aliphatic heterocycles. The summed E-state index contributed by atoms with van der Waals surface area (Å²) >= 11 is 1.33. The van der Waals surface area contributed by atoms with E-state index in [1.165, 1.54) is 26.8 Å². The Morgan fingerprint density at radius 1 is 1.18 bits per heavy atom. The van der Waals surface area contributed by atoms with Gasteiger partial charge in [0.2, 0.25) is 27.6 Å². The number of piperidine rings is 1. The van der Waals surface area contributed by atoms with Crippen LogP contribution in [0.4, 0.5) is 0 Å². The van der Waals surface area contributed by atoms with E-state index in [2.05, 4.69) is 22.3 Å². The number of carbonyl (C=O) groups excluding carboxylic acids is 1. The van der Waals surface area contributed by atoms with Gasteiger partial charge in [0.25, 0.3) is 0 Å². The largest absolute Gasteiger partial charge is 0.339 e. The zero-order valence-corrected chi connectivity index (χ0v) is 20.3. The van der Waals surface area contributed by atoms with Crippen LogP contribution < -0.4 is 0 Å². The first-order valence-electron chi connectivity index (χ1n) is 11.1. The number of amides is 1. The van der Waals surface area contributed by atoms with Crippen molar-refractivity contribution < 1.29 is 17.7 Å². The van der Waals surface area contributed by atoms with E-state index in [1.807, 2.05) is 17.0 Å². The second-order valence-corrected chi connectivity index (χ2v) is 11.8. The van der Waals surface area contributed by atoms with Crippen molar-refractivity contribution in [3.8, 4) is 10.7 Å². The fraction of sp³-hybridized carbons (Fsp3) is 0.435. The number of thiophene rings is 1. The van der Waals surface area contributed by atoms with Gasteiger partial charge in [0, 0.05) is 38.0 Å². The number of aromatic nitrogens is 2. The molecule has 174 valence electrons. The molecule has 0 saturated carbocycles. The lowest BCUT2D eigenvalue weighted by Crippen LogP contribution is -2.47. The van der Waals surface area contributed by atoms with Gasteiger partial charge in [-0.2, -0.15) is 9.29 Å². The van der Waals surface area contributed by atoms with Crippen molar-refractivity contribution in [2.45, 2.75) is 44.6 Å². The molecule has 0 bridgehead atoms. The van der Waals surface area contributed by atoms with Crippen molar-refractivity contribution in [3.05, 3.63) is 52.2 Å². The van der Waals surface area contributed by atoms with Gasteiger partial charge in [-0.05, 0) is 43.4 Å². The minimum absolute atomic E-state index is 0.0504. The summed E-state index contributed by atoms with van der Waals surface area (Å²) in [4.78, 5) is 21.0.